The van der Waals surface area contributed by atoms with E-state index in [2.05, 4.69) is 5.32 Å². The van der Waals surface area contributed by atoms with Gasteiger partial charge in [-0.1, -0.05) is 30.3 Å². The first-order chi connectivity index (χ1) is 14.6. The number of fused-ring (bicyclic) bond motifs is 1. The molecule has 0 radical (unpaired) electrons. The van der Waals surface area contributed by atoms with Crippen LogP contribution in [-0.4, -0.2) is 24.1 Å². The number of carbonyl (C=O) groups is 2. The van der Waals surface area contributed by atoms with Crippen LogP contribution in [0.3, 0.4) is 0 Å². The molecule has 1 heterocycles. The fourth-order valence-electron chi connectivity index (χ4n) is 3.13. The van der Waals surface area contributed by atoms with Crippen molar-refractivity contribution in [2.45, 2.75) is 11.5 Å². The van der Waals surface area contributed by atoms with Crippen molar-refractivity contribution in [1.29, 1.82) is 0 Å². The zero-order valence-corrected chi connectivity index (χ0v) is 16.8. The van der Waals surface area contributed by atoms with Crippen molar-refractivity contribution < 1.29 is 18.7 Å². The largest absolute Gasteiger partial charge is 0.489 e. The third-order valence-electron chi connectivity index (χ3n) is 4.52. The molecule has 30 heavy (non-hydrogen) atoms. The normalized spacial score (nSPS) is 13.0. The molecule has 5 nitrogen and oxygen atoms in total. The number of ether oxygens (including phenoxy) is 1. The smallest absolute Gasteiger partial charge is 0.244 e. The van der Waals surface area contributed by atoms with Crippen molar-refractivity contribution in [3.05, 3.63) is 84.2 Å². The van der Waals surface area contributed by atoms with Crippen LogP contribution in [0.2, 0.25) is 0 Å². The second-order valence-corrected chi connectivity index (χ2v) is 7.75. The fraction of sp³-hybridized carbons (Fsp3) is 0.130. The van der Waals surface area contributed by atoms with Crippen molar-refractivity contribution in [1.82, 2.24) is 0 Å². The number of nitrogens with one attached hydrogen (secondary N) is 1. The van der Waals surface area contributed by atoms with Gasteiger partial charge in [-0.15, -0.1) is 11.8 Å². The van der Waals surface area contributed by atoms with E-state index in [0.717, 1.165) is 16.1 Å². The maximum Gasteiger partial charge on any atom is 0.244 e. The summed E-state index contributed by atoms with van der Waals surface area (Å²) >= 11 is 1.48. The molecule has 0 atom stereocenters. The number of para-hydroxylation sites is 1. The van der Waals surface area contributed by atoms with Gasteiger partial charge in [0, 0.05) is 16.6 Å². The molecule has 1 aliphatic heterocycles. The monoisotopic (exact) mass is 422 g/mol. The van der Waals surface area contributed by atoms with Crippen molar-refractivity contribution in [2.24, 2.45) is 0 Å². The molecule has 0 saturated heterocycles. The van der Waals surface area contributed by atoms with Gasteiger partial charge in [-0.25, -0.2) is 4.39 Å². The molecular formula is C23H19FN2O3S. The lowest BCUT2D eigenvalue weighted by molar-refractivity contribution is -0.120. The van der Waals surface area contributed by atoms with E-state index in [1.807, 2.05) is 30.3 Å². The fourth-order valence-corrected chi connectivity index (χ4v) is 4.07. The summed E-state index contributed by atoms with van der Waals surface area (Å²) in [7, 11) is 0. The Balaban J connectivity index is 1.39. The van der Waals surface area contributed by atoms with Crippen LogP contribution in [0.15, 0.2) is 77.7 Å². The number of hydrogen-bond acceptors (Lipinski definition) is 4. The van der Waals surface area contributed by atoms with Crippen molar-refractivity contribution >= 4 is 35.0 Å². The molecule has 2 amide bonds. The number of benzene rings is 3. The number of halogens is 1. The van der Waals surface area contributed by atoms with E-state index in [0.29, 0.717) is 17.2 Å². The minimum absolute atomic E-state index is 0.0551. The summed E-state index contributed by atoms with van der Waals surface area (Å²) in [5, 5.41) is 2.83. The minimum atomic E-state index is -0.360. The lowest BCUT2D eigenvalue weighted by Gasteiger charge is -2.28. The Kier molecular flexibility index (Phi) is 5.99. The van der Waals surface area contributed by atoms with Gasteiger partial charge >= 0.3 is 0 Å². The summed E-state index contributed by atoms with van der Waals surface area (Å²) in [4.78, 5) is 27.4. The first-order valence-corrected chi connectivity index (χ1v) is 10.4. The van der Waals surface area contributed by atoms with E-state index < -0.39 is 0 Å². The zero-order valence-electron chi connectivity index (χ0n) is 16.0. The van der Waals surface area contributed by atoms with Crippen LogP contribution >= 0.6 is 11.8 Å². The summed E-state index contributed by atoms with van der Waals surface area (Å²) in [6, 6.07) is 20.7. The number of anilines is 2. The van der Waals surface area contributed by atoms with Gasteiger partial charge in [0.1, 0.15) is 24.7 Å². The summed E-state index contributed by atoms with van der Waals surface area (Å²) in [6.07, 6.45) is 0. The molecule has 0 aromatic heterocycles. The van der Waals surface area contributed by atoms with E-state index in [-0.39, 0.29) is 30.8 Å². The van der Waals surface area contributed by atoms with Crippen molar-refractivity contribution in [3.8, 4) is 5.75 Å². The number of carbonyl (C=O) groups excluding carboxylic acids is 2. The predicted molar refractivity (Wildman–Crippen MR) is 115 cm³/mol. The maximum atomic E-state index is 13.3. The van der Waals surface area contributed by atoms with Crippen LogP contribution in [0.5, 0.6) is 5.75 Å². The van der Waals surface area contributed by atoms with Gasteiger partial charge in [-0.2, -0.15) is 0 Å². The Bertz CT molecular complexity index is 1090. The molecule has 3 aromatic carbocycles. The quantitative estimate of drug-likeness (QED) is 0.636. The van der Waals surface area contributed by atoms with Gasteiger partial charge in [0.25, 0.3) is 0 Å². The Morgan fingerprint density at radius 1 is 1.07 bits per heavy atom. The van der Waals surface area contributed by atoms with Gasteiger partial charge in [-0.3, -0.25) is 9.59 Å². The third-order valence-corrected chi connectivity index (χ3v) is 5.57. The number of amides is 2. The van der Waals surface area contributed by atoms with E-state index in [1.54, 1.807) is 30.3 Å². The Morgan fingerprint density at radius 2 is 1.90 bits per heavy atom. The lowest BCUT2D eigenvalue weighted by atomic mass is 10.2. The molecule has 1 aliphatic rings. The first kappa shape index (κ1) is 20.0. The summed E-state index contributed by atoms with van der Waals surface area (Å²) in [6.45, 7) is 0.183. The Hall–Kier alpha value is -3.32. The van der Waals surface area contributed by atoms with Crippen molar-refractivity contribution in [3.63, 3.8) is 0 Å². The van der Waals surface area contributed by atoms with Crippen LogP contribution in [0, 0.1) is 5.82 Å². The first-order valence-electron chi connectivity index (χ1n) is 9.38. The summed E-state index contributed by atoms with van der Waals surface area (Å²) in [5.74, 6) is 0.0154. The van der Waals surface area contributed by atoms with Gasteiger partial charge in [-0.05, 0) is 42.0 Å². The molecule has 1 N–H and O–H groups in total. The van der Waals surface area contributed by atoms with Crippen LogP contribution in [0.25, 0.3) is 0 Å². The van der Waals surface area contributed by atoms with Crippen LogP contribution in [-0.2, 0) is 16.2 Å². The molecule has 7 heteroatoms. The molecule has 4 rings (SSSR count). The van der Waals surface area contributed by atoms with Gasteiger partial charge < -0.3 is 15.0 Å². The number of nitrogens with zero attached hydrogens (tertiary/aromatic N) is 1. The second-order valence-electron chi connectivity index (χ2n) is 6.73. The lowest BCUT2D eigenvalue weighted by Crippen LogP contribution is -2.41. The average Bonchev–Trinajstić information content (AvgIpc) is 2.75. The minimum Gasteiger partial charge on any atom is -0.489 e. The van der Waals surface area contributed by atoms with Gasteiger partial charge in [0.05, 0.1) is 11.4 Å². The predicted octanol–water partition coefficient (Wildman–Crippen LogP) is 4.48. The summed E-state index contributed by atoms with van der Waals surface area (Å²) in [5.41, 5.74) is 2.19. The molecular weight excluding hydrogens is 403 g/mol. The highest BCUT2D eigenvalue weighted by Crippen LogP contribution is 2.34. The average molecular weight is 422 g/mol. The topological polar surface area (TPSA) is 58.6 Å². The van der Waals surface area contributed by atoms with Gasteiger partial charge in [0.15, 0.2) is 0 Å². The molecule has 152 valence electrons. The highest BCUT2D eigenvalue weighted by atomic mass is 32.2. The van der Waals surface area contributed by atoms with E-state index in [1.165, 1.54) is 28.8 Å². The number of hydrogen-bond donors (Lipinski definition) is 1. The molecule has 3 aromatic rings. The molecule has 0 bridgehead atoms. The molecule has 0 fully saturated rings. The van der Waals surface area contributed by atoms with Crippen molar-refractivity contribution in [2.75, 3.05) is 22.5 Å². The number of thioether (sulfide) groups is 1. The highest BCUT2D eigenvalue weighted by Gasteiger charge is 2.26. The molecule has 0 spiro atoms. The Labute approximate surface area is 177 Å². The van der Waals surface area contributed by atoms with E-state index in [4.69, 9.17) is 4.74 Å². The Morgan fingerprint density at radius 3 is 2.77 bits per heavy atom. The SMILES string of the molecule is O=C(CN1C(=O)CSc2ccccc21)Nc1cccc(COc2cccc(F)c2)c1. The zero-order chi connectivity index (χ0) is 20.9. The molecule has 0 aliphatic carbocycles. The van der Waals surface area contributed by atoms with Gasteiger partial charge in [0.2, 0.25) is 11.8 Å². The molecule has 0 saturated carbocycles. The second kappa shape index (κ2) is 9.00. The van der Waals surface area contributed by atoms with E-state index in [9.17, 15) is 14.0 Å². The van der Waals surface area contributed by atoms with Crippen LogP contribution < -0.4 is 15.0 Å². The van der Waals surface area contributed by atoms with Crippen LogP contribution in [0.4, 0.5) is 15.8 Å². The maximum absolute atomic E-state index is 13.3. The summed E-state index contributed by atoms with van der Waals surface area (Å²) < 4.78 is 18.9. The van der Waals surface area contributed by atoms with Crippen LogP contribution in [0.1, 0.15) is 5.56 Å². The third kappa shape index (κ3) is 4.80. The standard InChI is InChI=1S/C23H19FN2O3S/c24-17-6-4-8-19(12-17)29-14-16-5-3-7-18(11-16)25-22(27)13-26-20-9-1-2-10-21(20)30-15-23(26)28/h1-12H,13-15H2,(H,25,27). The number of rotatable bonds is 6. The molecule has 0 unspecified atom stereocenters. The highest BCUT2D eigenvalue weighted by molar-refractivity contribution is 8.00. The van der Waals surface area contributed by atoms with E-state index >= 15 is 0 Å².